The molecule has 0 aliphatic rings. The Morgan fingerprint density at radius 1 is 1.33 bits per heavy atom. The van der Waals surface area contributed by atoms with Crippen molar-refractivity contribution in [1.29, 1.82) is 0 Å². The molecule has 1 N–H and O–H groups in total. The zero-order valence-corrected chi connectivity index (χ0v) is 13.5. The van der Waals surface area contributed by atoms with E-state index in [1.54, 1.807) is 11.3 Å². The molecular weight excluding hydrogens is 280 g/mol. The van der Waals surface area contributed by atoms with E-state index in [4.69, 9.17) is 4.42 Å². The van der Waals surface area contributed by atoms with Gasteiger partial charge in [0, 0.05) is 35.0 Å². The molecule has 2 aromatic heterocycles. The van der Waals surface area contributed by atoms with Crippen LogP contribution in [0.1, 0.15) is 41.1 Å². The second-order valence-electron chi connectivity index (χ2n) is 5.27. The molecule has 0 amide bonds. The minimum atomic E-state index is 0.252. The maximum Gasteiger partial charge on any atom is 0.134 e. The Hall–Kier alpha value is -1.65. The molecule has 21 heavy (non-hydrogen) atoms. The van der Waals surface area contributed by atoms with E-state index in [-0.39, 0.29) is 6.04 Å². The number of nitrogens with zero attached hydrogens (tertiary/aromatic N) is 1. The minimum Gasteiger partial charge on any atom is -0.461 e. The van der Waals surface area contributed by atoms with Gasteiger partial charge in [-0.3, -0.25) is 0 Å². The molecule has 1 aromatic carbocycles. The Kier molecular flexibility index (Phi) is 4.08. The SMILES string of the molecule is CCc1oc2ccccc2c1CNC(C)c1ncc(C)s1. The Morgan fingerprint density at radius 3 is 2.86 bits per heavy atom. The van der Waals surface area contributed by atoms with Crippen molar-refractivity contribution in [2.75, 3.05) is 0 Å². The first-order valence-corrected chi connectivity index (χ1v) is 8.15. The topological polar surface area (TPSA) is 38.1 Å². The van der Waals surface area contributed by atoms with Crippen LogP contribution in [0.25, 0.3) is 11.0 Å². The van der Waals surface area contributed by atoms with E-state index in [1.165, 1.54) is 15.8 Å². The molecule has 0 bridgehead atoms. The number of thiazole rings is 1. The van der Waals surface area contributed by atoms with Crippen LogP contribution in [0.5, 0.6) is 0 Å². The maximum absolute atomic E-state index is 5.94. The van der Waals surface area contributed by atoms with Gasteiger partial charge in [-0.05, 0) is 19.9 Å². The lowest BCUT2D eigenvalue weighted by molar-refractivity contribution is 0.529. The summed E-state index contributed by atoms with van der Waals surface area (Å²) in [6.45, 7) is 7.19. The average Bonchev–Trinajstić information content (AvgIpc) is 3.08. The summed E-state index contributed by atoms with van der Waals surface area (Å²) >= 11 is 1.75. The molecule has 1 unspecified atom stereocenters. The van der Waals surface area contributed by atoms with Gasteiger partial charge < -0.3 is 9.73 Å². The predicted octanol–water partition coefficient (Wildman–Crippen LogP) is 4.61. The van der Waals surface area contributed by atoms with Gasteiger partial charge in [0.25, 0.3) is 0 Å². The number of fused-ring (bicyclic) bond motifs is 1. The van der Waals surface area contributed by atoms with Gasteiger partial charge in [-0.25, -0.2) is 4.98 Å². The fourth-order valence-corrected chi connectivity index (χ4v) is 3.34. The monoisotopic (exact) mass is 300 g/mol. The lowest BCUT2D eigenvalue weighted by Gasteiger charge is -2.11. The van der Waals surface area contributed by atoms with Crippen molar-refractivity contribution in [3.63, 3.8) is 0 Å². The molecule has 1 atom stereocenters. The number of para-hydroxylation sites is 1. The number of furan rings is 1. The second-order valence-corrected chi connectivity index (χ2v) is 6.53. The van der Waals surface area contributed by atoms with Crippen molar-refractivity contribution in [3.05, 3.63) is 51.7 Å². The van der Waals surface area contributed by atoms with Gasteiger partial charge in [0.05, 0.1) is 6.04 Å². The van der Waals surface area contributed by atoms with Gasteiger partial charge in [0.1, 0.15) is 16.4 Å². The van der Waals surface area contributed by atoms with Gasteiger partial charge >= 0.3 is 0 Å². The first-order chi connectivity index (χ1) is 10.2. The van der Waals surface area contributed by atoms with Crippen molar-refractivity contribution < 1.29 is 4.42 Å². The highest BCUT2D eigenvalue weighted by Gasteiger charge is 2.14. The molecular formula is C17H20N2OS. The zero-order valence-electron chi connectivity index (χ0n) is 12.6. The van der Waals surface area contributed by atoms with E-state index in [0.29, 0.717) is 0 Å². The van der Waals surface area contributed by atoms with Gasteiger partial charge in [-0.15, -0.1) is 11.3 Å². The summed E-state index contributed by atoms with van der Waals surface area (Å²) in [7, 11) is 0. The Morgan fingerprint density at radius 2 is 2.14 bits per heavy atom. The lowest BCUT2D eigenvalue weighted by atomic mass is 10.1. The molecule has 0 saturated heterocycles. The van der Waals surface area contributed by atoms with Crippen LogP contribution in [0, 0.1) is 6.92 Å². The van der Waals surface area contributed by atoms with Crippen molar-refractivity contribution in [3.8, 4) is 0 Å². The number of benzene rings is 1. The van der Waals surface area contributed by atoms with E-state index in [1.807, 2.05) is 18.3 Å². The van der Waals surface area contributed by atoms with E-state index in [0.717, 1.165) is 29.3 Å². The third-order valence-corrected chi connectivity index (χ3v) is 4.79. The van der Waals surface area contributed by atoms with Crippen LogP contribution in [0.4, 0.5) is 0 Å². The number of hydrogen-bond donors (Lipinski definition) is 1. The Bertz CT molecular complexity index is 744. The zero-order chi connectivity index (χ0) is 14.8. The minimum absolute atomic E-state index is 0.252. The lowest BCUT2D eigenvalue weighted by Crippen LogP contribution is -2.18. The molecule has 3 rings (SSSR count). The van der Waals surface area contributed by atoms with E-state index >= 15 is 0 Å². The third-order valence-electron chi connectivity index (χ3n) is 3.70. The van der Waals surface area contributed by atoms with Crippen molar-refractivity contribution in [2.24, 2.45) is 0 Å². The molecule has 110 valence electrons. The van der Waals surface area contributed by atoms with Crippen LogP contribution < -0.4 is 5.32 Å². The summed E-state index contributed by atoms with van der Waals surface area (Å²) in [6, 6.07) is 8.50. The van der Waals surface area contributed by atoms with Crippen LogP contribution in [-0.2, 0) is 13.0 Å². The Labute approximate surface area is 129 Å². The number of aromatic nitrogens is 1. The summed E-state index contributed by atoms with van der Waals surface area (Å²) in [5, 5.41) is 5.92. The van der Waals surface area contributed by atoms with E-state index < -0.39 is 0 Å². The Balaban J connectivity index is 1.81. The molecule has 0 spiro atoms. The van der Waals surface area contributed by atoms with Gasteiger partial charge in [0.2, 0.25) is 0 Å². The summed E-state index contributed by atoms with van der Waals surface area (Å²) in [5.41, 5.74) is 2.25. The number of hydrogen-bond acceptors (Lipinski definition) is 4. The van der Waals surface area contributed by atoms with E-state index in [9.17, 15) is 0 Å². The standard InChI is InChI=1S/C17H20N2OS/c1-4-15-14(13-7-5-6-8-16(13)20-15)10-18-12(3)17-19-9-11(2)21-17/h5-9,12,18H,4,10H2,1-3H3. The highest BCUT2D eigenvalue weighted by molar-refractivity contribution is 7.11. The van der Waals surface area contributed by atoms with Crippen LogP contribution in [-0.4, -0.2) is 4.98 Å². The molecule has 0 radical (unpaired) electrons. The summed E-state index contributed by atoms with van der Waals surface area (Å²) in [5.74, 6) is 1.08. The fourth-order valence-electron chi connectivity index (χ4n) is 2.54. The van der Waals surface area contributed by atoms with Crippen molar-refractivity contribution in [2.45, 2.75) is 39.8 Å². The molecule has 0 saturated carbocycles. The quantitative estimate of drug-likeness (QED) is 0.747. The molecule has 3 nitrogen and oxygen atoms in total. The summed E-state index contributed by atoms with van der Waals surface area (Å²) in [4.78, 5) is 5.70. The van der Waals surface area contributed by atoms with Gasteiger partial charge in [-0.2, -0.15) is 0 Å². The maximum atomic E-state index is 5.94. The van der Waals surface area contributed by atoms with Crippen LogP contribution in [0.15, 0.2) is 34.9 Å². The summed E-state index contributed by atoms with van der Waals surface area (Å²) in [6.07, 6.45) is 2.85. The highest BCUT2D eigenvalue weighted by Crippen LogP contribution is 2.27. The molecule has 0 fully saturated rings. The highest BCUT2D eigenvalue weighted by atomic mass is 32.1. The molecule has 2 heterocycles. The molecule has 4 heteroatoms. The predicted molar refractivity (Wildman–Crippen MR) is 87.7 cm³/mol. The second kappa shape index (κ2) is 6.00. The smallest absolute Gasteiger partial charge is 0.134 e. The van der Waals surface area contributed by atoms with Crippen LogP contribution >= 0.6 is 11.3 Å². The first kappa shape index (κ1) is 14.3. The van der Waals surface area contributed by atoms with Crippen LogP contribution in [0.2, 0.25) is 0 Å². The normalized spacial score (nSPS) is 12.9. The van der Waals surface area contributed by atoms with Crippen molar-refractivity contribution in [1.82, 2.24) is 10.3 Å². The first-order valence-electron chi connectivity index (χ1n) is 7.34. The van der Waals surface area contributed by atoms with Gasteiger partial charge in [-0.1, -0.05) is 25.1 Å². The molecule has 0 aliphatic heterocycles. The molecule has 3 aromatic rings. The van der Waals surface area contributed by atoms with Crippen LogP contribution in [0.3, 0.4) is 0 Å². The van der Waals surface area contributed by atoms with Gasteiger partial charge in [0.15, 0.2) is 0 Å². The van der Waals surface area contributed by atoms with Crippen molar-refractivity contribution >= 4 is 22.3 Å². The molecule has 0 aliphatic carbocycles. The largest absolute Gasteiger partial charge is 0.461 e. The summed E-state index contributed by atoms with van der Waals surface area (Å²) < 4.78 is 5.94. The number of rotatable bonds is 5. The van der Waals surface area contributed by atoms with E-state index in [2.05, 4.69) is 43.2 Å². The number of aryl methyl sites for hydroxylation is 2. The third kappa shape index (κ3) is 2.87. The average molecular weight is 300 g/mol. The number of nitrogens with one attached hydrogen (secondary N) is 1. The fraction of sp³-hybridized carbons (Fsp3) is 0.353.